The molecule has 0 aliphatic carbocycles. The Morgan fingerprint density at radius 1 is 1.50 bits per heavy atom. The molecule has 1 heterocycles. The van der Waals surface area contributed by atoms with Gasteiger partial charge in [0.2, 0.25) is 0 Å². The molecule has 1 aliphatic rings. The van der Waals surface area contributed by atoms with Crippen LogP contribution in [0.4, 0.5) is 0 Å². The van der Waals surface area contributed by atoms with Gasteiger partial charge in [0.15, 0.2) is 0 Å². The van der Waals surface area contributed by atoms with Crippen molar-refractivity contribution in [2.45, 2.75) is 31.7 Å². The molecule has 0 atom stereocenters. The van der Waals surface area contributed by atoms with Gasteiger partial charge in [-0.2, -0.15) is 11.8 Å². The fourth-order valence-electron chi connectivity index (χ4n) is 1.54. The molecule has 14 heavy (non-hydrogen) atoms. The summed E-state index contributed by atoms with van der Waals surface area (Å²) in [7, 11) is 1.44. The zero-order valence-electron chi connectivity index (χ0n) is 8.75. The monoisotopic (exact) mass is 217 g/mol. The van der Waals surface area contributed by atoms with E-state index in [2.05, 4.69) is 10.1 Å². The van der Waals surface area contributed by atoms with E-state index in [1.165, 1.54) is 31.5 Å². The van der Waals surface area contributed by atoms with E-state index in [1.807, 2.05) is 11.8 Å². The molecule has 1 fully saturated rings. The van der Waals surface area contributed by atoms with Gasteiger partial charge in [-0.3, -0.25) is 4.79 Å². The quantitative estimate of drug-likeness (QED) is 0.558. The van der Waals surface area contributed by atoms with Gasteiger partial charge in [0.25, 0.3) is 0 Å². The van der Waals surface area contributed by atoms with Crippen LogP contribution in [0, 0.1) is 0 Å². The lowest BCUT2D eigenvalue weighted by atomic mass is 10.1. The van der Waals surface area contributed by atoms with Crippen LogP contribution >= 0.6 is 11.8 Å². The van der Waals surface area contributed by atoms with Crippen molar-refractivity contribution in [3.8, 4) is 0 Å². The lowest BCUT2D eigenvalue weighted by Gasteiger charge is -2.22. The maximum absolute atomic E-state index is 10.8. The normalized spacial score (nSPS) is 18.1. The smallest absolute Gasteiger partial charge is 0.305 e. The summed E-state index contributed by atoms with van der Waals surface area (Å²) < 4.78 is 4.57. The lowest BCUT2D eigenvalue weighted by molar-refractivity contribution is -0.140. The second-order valence-electron chi connectivity index (χ2n) is 3.52. The van der Waals surface area contributed by atoms with Gasteiger partial charge >= 0.3 is 5.97 Å². The second kappa shape index (κ2) is 7.12. The van der Waals surface area contributed by atoms with Crippen molar-refractivity contribution in [3.05, 3.63) is 0 Å². The van der Waals surface area contributed by atoms with Crippen LogP contribution in [0.5, 0.6) is 0 Å². The summed E-state index contributed by atoms with van der Waals surface area (Å²) in [5.74, 6) is 2.44. The maximum Gasteiger partial charge on any atom is 0.305 e. The van der Waals surface area contributed by atoms with E-state index in [1.54, 1.807) is 0 Å². The van der Waals surface area contributed by atoms with E-state index in [0.717, 1.165) is 13.0 Å². The number of rotatable bonds is 5. The van der Waals surface area contributed by atoms with Crippen molar-refractivity contribution in [2.75, 3.05) is 25.2 Å². The predicted octanol–water partition coefficient (Wildman–Crippen LogP) is 1.42. The van der Waals surface area contributed by atoms with E-state index in [-0.39, 0.29) is 5.97 Å². The third-order valence-electron chi connectivity index (χ3n) is 2.44. The summed E-state index contributed by atoms with van der Waals surface area (Å²) in [6.07, 6.45) is 3.95. The third-order valence-corrected chi connectivity index (χ3v) is 3.49. The third kappa shape index (κ3) is 4.86. The number of thioether (sulfide) groups is 1. The van der Waals surface area contributed by atoms with Crippen LogP contribution in [-0.4, -0.2) is 37.2 Å². The van der Waals surface area contributed by atoms with E-state index in [9.17, 15) is 4.79 Å². The van der Waals surface area contributed by atoms with Crippen LogP contribution in [0.1, 0.15) is 25.7 Å². The molecule has 0 unspecified atom stereocenters. The zero-order chi connectivity index (χ0) is 10.2. The molecule has 0 spiro atoms. The number of carbonyl (C=O) groups excluding carboxylic acids is 1. The Bertz CT molecular complexity index is 170. The molecule has 0 radical (unpaired) electrons. The molecule has 1 N–H and O–H groups in total. The first-order valence-corrected chi connectivity index (χ1v) is 6.36. The number of ether oxygens (including phenoxy) is 1. The van der Waals surface area contributed by atoms with Gasteiger partial charge in [0, 0.05) is 12.5 Å². The Morgan fingerprint density at radius 3 is 2.86 bits per heavy atom. The average molecular weight is 217 g/mol. The van der Waals surface area contributed by atoms with E-state index < -0.39 is 0 Å². The standard InChI is InChI=1S/C10H19NO2S/c1-13-10(12)3-2-6-11-9-4-7-14-8-5-9/h9,11H,2-8H2,1H3. The number of hydrogen-bond donors (Lipinski definition) is 1. The highest BCUT2D eigenvalue weighted by molar-refractivity contribution is 7.99. The summed E-state index contributed by atoms with van der Waals surface area (Å²) in [5.41, 5.74) is 0. The Labute approximate surface area is 90.0 Å². The number of carbonyl (C=O) groups is 1. The minimum atomic E-state index is -0.106. The van der Waals surface area contributed by atoms with Gasteiger partial charge in [-0.25, -0.2) is 0 Å². The van der Waals surface area contributed by atoms with Crippen molar-refractivity contribution >= 4 is 17.7 Å². The number of esters is 1. The summed E-state index contributed by atoms with van der Waals surface area (Å²) in [6, 6.07) is 0.675. The van der Waals surface area contributed by atoms with Gasteiger partial charge in [-0.15, -0.1) is 0 Å². The fraction of sp³-hybridized carbons (Fsp3) is 0.900. The first kappa shape index (κ1) is 11.9. The van der Waals surface area contributed by atoms with Crippen LogP contribution in [0.3, 0.4) is 0 Å². The molecule has 1 rings (SSSR count). The Morgan fingerprint density at radius 2 is 2.21 bits per heavy atom. The van der Waals surface area contributed by atoms with Gasteiger partial charge in [0.1, 0.15) is 0 Å². The Balaban J connectivity index is 1.94. The molecular weight excluding hydrogens is 198 g/mol. The second-order valence-corrected chi connectivity index (χ2v) is 4.75. The van der Waals surface area contributed by atoms with Crippen LogP contribution in [-0.2, 0) is 9.53 Å². The number of nitrogens with one attached hydrogen (secondary N) is 1. The number of hydrogen-bond acceptors (Lipinski definition) is 4. The number of methoxy groups -OCH3 is 1. The molecule has 0 aromatic carbocycles. The first-order chi connectivity index (χ1) is 6.83. The summed E-state index contributed by atoms with van der Waals surface area (Å²) >= 11 is 2.03. The highest BCUT2D eigenvalue weighted by atomic mass is 32.2. The Kier molecular flexibility index (Phi) is 6.03. The molecule has 0 amide bonds. The van der Waals surface area contributed by atoms with Crippen LogP contribution in [0.15, 0.2) is 0 Å². The van der Waals surface area contributed by atoms with E-state index >= 15 is 0 Å². The van der Waals surface area contributed by atoms with Gasteiger partial charge < -0.3 is 10.1 Å². The minimum absolute atomic E-state index is 0.106. The first-order valence-electron chi connectivity index (χ1n) is 5.21. The van der Waals surface area contributed by atoms with Crippen LogP contribution in [0.25, 0.3) is 0 Å². The highest BCUT2D eigenvalue weighted by Crippen LogP contribution is 2.16. The average Bonchev–Trinajstić information content (AvgIpc) is 2.25. The Hall–Kier alpha value is -0.220. The summed E-state index contributed by atoms with van der Waals surface area (Å²) in [4.78, 5) is 10.8. The predicted molar refractivity (Wildman–Crippen MR) is 59.6 cm³/mol. The molecular formula is C10H19NO2S. The summed E-state index contributed by atoms with van der Waals surface area (Å²) in [5, 5.41) is 3.48. The largest absolute Gasteiger partial charge is 0.469 e. The van der Waals surface area contributed by atoms with Crippen molar-refractivity contribution in [2.24, 2.45) is 0 Å². The van der Waals surface area contributed by atoms with Crippen molar-refractivity contribution in [3.63, 3.8) is 0 Å². The van der Waals surface area contributed by atoms with Gasteiger partial charge in [0.05, 0.1) is 7.11 Å². The van der Waals surface area contributed by atoms with E-state index in [0.29, 0.717) is 12.5 Å². The molecule has 1 aliphatic heterocycles. The molecule has 0 aromatic heterocycles. The minimum Gasteiger partial charge on any atom is -0.469 e. The molecule has 0 aromatic rings. The molecule has 1 saturated heterocycles. The fourth-order valence-corrected chi connectivity index (χ4v) is 2.65. The van der Waals surface area contributed by atoms with Crippen molar-refractivity contribution < 1.29 is 9.53 Å². The van der Waals surface area contributed by atoms with Crippen molar-refractivity contribution in [1.29, 1.82) is 0 Å². The zero-order valence-corrected chi connectivity index (χ0v) is 9.57. The van der Waals surface area contributed by atoms with Crippen LogP contribution in [0.2, 0.25) is 0 Å². The molecule has 4 heteroatoms. The molecule has 82 valence electrons. The molecule has 3 nitrogen and oxygen atoms in total. The van der Waals surface area contributed by atoms with Crippen molar-refractivity contribution in [1.82, 2.24) is 5.32 Å². The maximum atomic E-state index is 10.8. The topological polar surface area (TPSA) is 38.3 Å². The van der Waals surface area contributed by atoms with Gasteiger partial charge in [-0.05, 0) is 37.3 Å². The van der Waals surface area contributed by atoms with Crippen LogP contribution < -0.4 is 5.32 Å². The molecule has 0 saturated carbocycles. The SMILES string of the molecule is COC(=O)CCCNC1CCSCC1. The molecule has 0 bridgehead atoms. The lowest BCUT2D eigenvalue weighted by Crippen LogP contribution is -2.33. The van der Waals surface area contributed by atoms with E-state index in [4.69, 9.17) is 0 Å². The highest BCUT2D eigenvalue weighted by Gasteiger charge is 2.12. The van der Waals surface area contributed by atoms with Gasteiger partial charge in [-0.1, -0.05) is 0 Å². The summed E-state index contributed by atoms with van der Waals surface area (Å²) in [6.45, 7) is 0.935.